The lowest BCUT2D eigenvalue weighted by atomic mass is 9.30. The first-order valence-corrected chi connectivity index (χ1v) is 15.7. The van der Waals surface area contributed by atoms with Gasteiger partial charge < -0.3 is 10.0 Å². The minimum Gasteiger partial charge on any atom is -0.396 e. The van der Waals surface area contributed by atoms with Gasteiger partial charge in [-0.1, -0.05) is 146 Å². The second-order valence-electron chi connectivity index (χ2n) is 11.9. The van der Waals surface area contributed by atoms with Gasteiger partial charge in [-0.2, -0.15) is 0 Å². The molecule has 0 saturated heterocycles. The maximum absolute atomic E-state index is 8.98. The molecule has 0 aliphatic carbocycles. The van der Waals surface area contributed by atoms with E-state index in [1.165, 1.54) is 81.1 Å². The highest BCUT2D eigenvalue weighted by Gasteiger charge is 2.42. The van der Waals surface area contributed by atoms with Gasteiger partial charge in [-0.15, -0.1) is 0 Å². The predicted molar refractivity (Wildman–Crippen MR) is 182 cm³/mol. The Balaban J connectivity index is 1.26. The van der Waals surface area contributed by atoms with Gasteiger partial charge in [-0.25, -0.2) is 0 Å². The van der Waals surface area contributed by atoms with Crippen molar-refractivity contribution in [2.45, 2.75) is 44.9 Å². The van der Waals surface area contributed by atoms with E-state index in [1.54, 1.807) is 0 Å². The average Bonchev–Trinajstić information content (AvgIpc) is 3.05. The van der Waals surface area contributed by atoms with Gasteiger partial charge in [-0.05, 0) is 58.8 Å². The molecule has 2 nitrogen and oxygen atoms in total. The van der Waals surface area contributed by atoms with E-state index < -0.39 is 0 Å². The van der Waals surface area contributed by atoms with Gasteiger partial charge >= 0.3 is 0 Å². The molecule has 0 bridgehead atoms. The number of para-hydroxylation sites is 3. The fourth-order valence-electron chi connectivity index (χ4n) is 7.27. The van der Waals surface area contributed by atoms with Gasteiger partial charge in [0.15, 0.2) is 0 Å². The van der Waals surface area contributed by atoms with E-state index in [0.29, 0.717) is 6.61 Å². The highest BCUT2D eigenvalue weighted by atomic mass is 16.2. The first-order valence-electron chi connectivity index (χ1n) is 15.7. The maximum atomic E-state index is 8.98. The second kappa shape index (κ2) is 12.1. The molecule has 0 saturated carbocycles. The average molecular weight is 545 g/mol. The summed E-state index contributed by atoms with van der Waals surface area (Å²) >= 11 is 0. The first-order chi connectivity index (χ1) is 20.8. The molecule has 0 unspecified atom stereocenters. The van der Waals surface area contributed by atoms with Crippen molar-refractivity contribution >= 4 is 63.3 Å². The number of aliphatic hydroxyl groups excluding tert-OH is 1. The fraction of sp³-hybridized carbons (Fsp3) is 0.211. The SMILES string of the molecule is OCCCCCCCCc1ccc(B2c3ccccc3N3c4ccccc4B(c4ccccc4)c4cccc2c43)cc1. The van der Waals surface area contributed by atoms with Crippen molar-refractivity contribution in [3.8, 4) is 0 Å². The zero-order valence-electron chi connectivity index (χ0n) is 24.3. The molecule has 4 heteroatoms. The molecule has 2 aliphatic heterocycles. The Morgan fingerprint density at radius 1 is 0.452 bits per heavy atom. The zero-order valence-corrected chi connectivity index (χ0v) is 24.3. The van der Waals surface area contributed by atoms with Crippen LogP contribution in [0.25, 0.3) is 0 Å². The third-order valence-corrected chi connectivity index (χ3v) is 9.24. The van der Waals surface area contributed by atoms with E-state index in [-0.39, 0.29) is 13.4 Å². The second-order valence-corrected chi connectivity index (χ2v) is 11.9. The molecule has 7 rings (SSSR count). The molecule has 5 aromatic carbocycles. The van der Waals surface area contributed by atoms with Gasteiger partial charge in [0.1, 0.15) is 0 Å². The smallest absolute Gasteiger partial charge is 0.246 e. The van der Waals surface area contributed by atoms with Gasteiger partial charge in [0.05, 0.1) is 0 Å². The van der Waals surface area contributed by atoms with Crippen molar-refractivity contribution in [1.82, 2.24) is 0 Å². The normalized spacial score (nSPS) is 13.0. The lowest BCUT2D eigenvalue weighted by Gasteiger charge is -2.43. The number of fused-ring (bicyclic) bond motifs is 4. The standard InChI is InChI=1S/C38H37B2NO/c42-28-13-4-2-1-3-6-15-29-24-26-31(27-25-29)40-33-19-10-12-23-37(33)41-36-22-11-9-18-32(36)39(30-16-7-5-8-17-30)34-20-14-21-35(40)38(34)41/h5,7-12,14,16-27,42H,1-4,6,13,15,28H2. The number of anilines is 3. The summed E-state index contributed by atoms with van der Waals surface area (Å²) in [5, 5.41) is 8.98. The molecule has 0 spiro atoms. The summed E-state index contributed by atoms with van der Waals surface area (Å²) in [6, 6.07) is 45.4. The third kappa shape index (κ3) is 4.88. The Labute approximate surface area is 251 Å². The molecule has 2 heterocycles. The van der Waals surface area contributed by atoms with Gasteiger partial charge in [0.25, 0.3) is 0 Å². The van der Waals surface area contributed by atoms with Crippen LogP contribution in [-0.2, 0) is 6.42 Å². The molecule has 0 amide bonds. The molecule has 5 aromatic rings. The molecular formula is C38H37B2NO. The van der Waals surface area contributed by atoms with Gasteiger partial charge in [0.2, 0.25) is 13.4 Å². The van der Waals surface area contributed by atoms with E-state index in [0.717, 1.165) is 19.3 Å². The van der Waals surface area contributed by atoms with Gasteiger partial charge in [-0.3, -0.25) is 0 Å². The van der Waals surface area contributed by atoms with Crippen molar-refractivity contribution in [1.29, 1.82) is 0 Å². The van der Waals surface area contributed by atoms with E-state index in [2.05, 4.69) is 126 Å². The molecule has 42 heavy (non-hydrogen) atoms. The number of hydrogen-bond donors (Lipinski definition) is 1. The molecule has 1 N–H and O–H groups in total. The Morgan fingerprint density at radius 2 is 0.952 bits per heavy atom. The van der Waals surface area contributed by atoms with Crippen LogP contribution in [0.15, 0.2) is 121 Å². The van der Waals surface area contributed by atoms with Crippen LogP contribution >= 0.6 is 0 Å². The van der Waals surface area contributed by atoms with Crippen molar-refractivity contribution in [2.75, 3.05) is 11.5 Å². The number of benzene rings is 5. The van der Waals surface area contributed by atoms with E-state index >= 15 is 0 Å². The van der Waals surface area contributed by atoms with Crippen LogP contribution in [0.1, 0.15) is 44.1 Å². The summed E-state index contributed by atoms with van der Waals surface area (Å²) in [5.41, 5.74) is 13.5. The summed E-state index contributed by atoms with van der Waals surface area (Å²) in [6.07, 6.45) is 8.20. The van der Waals surface area contributed by atoms with Crippen molar-refractivity contribution in [2.24, 2.45) is 0 Å². The van der Waals surface area contributed by atoms with Crippen LogP contribution < -0.4 is 37.7 Å². The maximum Gasteiger partial charge on any atom is 0.246 e. The monoisotopic (exact) mass is 545 g/mol. The number of rotatable bonds is 10. The van der Waals surface area contributed by atoms with Crippen LogP contribution in [0, 0.1) is 0 Å². The predicted octanol–water partition coefficient (Wildman–Crippen LogP) is 4.69. The molecule has 0 atom stereocenters. The van der Waals surface area contributed by atoms with Crippen molar-refractivity contribution < 1.29 is 5.11 Å². The Hall–Kier alpha value is -4.01. The number of unbranched alkanes of at least 4 members (excludes halogenated alkanes) is 5. The Kier molecular flexibility index (Phi) is 7.72. The van der Waals surface area contributed by atoms with Crippen molar-refractivity contribution in [3.05, 3.63) is 127 Å². The van der Waals surface area contributed by atoms with Crippen molar-refractivity contribution in [3.63, 3.8) is 0 Å². The topological polar surface area (TPSA) is 23.5 Å². The fourth-order valence-corrected chi connectivity index (χ4v) is 7.27. The largest absolute Gasteiger partial charge is 0.396 e. The summed E-state index contributed by atoms with van der Waals surface area (Å²) in [7, 11) is 0. The molecule has 2 aliphatic rings. The number of aryl methyl sites for hydroxylation is 1. The lowest BCUT2D eigenvalue weighted by Crippen LogP contribution is -2.64. The highest BCUT2D eigenvalue weighted by molar-refractivity contribution is 7.02. The molecule has 0 fully saturated rings. The summed E-state index contributed by atoms with van der Waals surface area (Å²) in [4.78, 5) is 2.53. The minimum atomic E-state index is 0.190. The van der Waals surface area contributed by atoms with E-state index in [4.69, 9.17) is 5.11 Å². The van der Waals surface area contributed by atoms with Crippen LogP contribution in [-0.4, -0.2) is 25.1 Å². The van der Waals surface area contributed by atoms with Crippen LogP contribution in [0.4, 0.5) is 17.1 Å². The Bertz CT molecular complexity index is 1670. The van der Waals surface area contributed by atoms with Crippen LogP contribution in [0.2, 0.25) is 0 Å². The molecule has 0 aromatic heterocycles. The molecule has 0 radical (unpaired) electrons. The first kappa shape index (κ1) is 26.9. The highest BCUT2D eigenvalue weighted by Crippen LogP contribution is 2.36. The number of hydrogen-bond acceptors (Lipinski definition) is 2. The van der Waals surface area contributed by atoms with Crippen LogP contribution in [0.3, 0.4) is 0 Å². The van der Waals surface area contributed by atoms with Crippen LogP contribution in [0.5, 0.6) is 0 Å². The molecular weight excluding hydrogens is 508 g/mol. The lowest BCUT2D eigenvalue weighted by molar-refractivity contribution is 0.282. The van der Waals surface area contributed by atoms with E-state index in [1.807, 2.05) is 0 Å². The summed E-state index contributed by atoms with van der Waals surface area (Å²) in [5.74, 6) is 0. The third-order valence-electron chi connectivity index (χ3n) is 9.24. The van der Waals surface area contributed by atoms with E-state index in [9.17, 15) is 0 Å². The zero-order chi connectivity index (χ0) is 28.3. The van der Waals surface area contributed by atoms with Gasteiger partial charge in [0, 0.05) is 23.7 Å². The molecule has 206 valence electrons. The minimum absolute atomic E-state index is 0.190. The summed E-state index contributed by atoms with van der Waals surface area (Å²) in [6.45, 7) is 0.711. The quantitative estimate of drug-likeness (QED) is 0.199. The Morgan fingerprint density at radius 3 is 1.57 bits per heavy atom. The summed E-state index contributed by atoms with van der Waals surface area (Å²) < 4.78 is 0. The number of aliphatic hydroxyl groups is 1. The number of nitrogens with zero attached hydrogens (tertiary/aromatic N) is 1.